The maximum Gasteiger partial charge on any atom is 0.328 e. The molecule has 0 radical (unpaired) electrons. The largest absolute Gasteiger partial charge is 0.464 e. The van der Waals surface area contributed by atoms with Crippen LogP contribution in [0.5, 0.6) is 0 Å². The Morgan fingerprint density at radius 3 is 1.86 bits per heavy atom. The SMILES string of the molecule is CCCCCCCCCCCC(=O)NCCCC[C@H](NC(=O)NCCCCCCCCC[n+]1ccccc1)C(=O)OCC. The van der Waals surface area contributed by atoms with Crippen molar-refractivity contribution < 1.29 is 23.7 Å². The predicted octanol–water partition coefficient (Wildman–Crippen LogP) is 7.14. The first-order chi connectivity index (χ1) is 21.1. The summed E-state index contributed by atoms with van der Waals surface area (Å²) in [5, 5.41) is 8.65. The molecule has 0 saturated heterocycles. The smallest absolute Gasteiger partial charge is 0.328 e. The van der Waals surface area contributed by atoms with Crippen molar-refractivity contribution in [3.8, 4) is 0 Å². The average Bonchev–Trinajstić information content (AvgIpc) is 3.01. The molecular formula is C35H63N4O4+. The van der Waals surface area contributed by atoms with Gasteiger partial charge in [0.05, 0.1) is 6.61 Å². The van der Waals surface area contributed by atoms with Gasteiger partial charge in [-0.2, -0.15) is 0 Å². The molecule has 1 heterocycles. The first kappa shape index (κ1) is 38.4. The number of hydrogen-bond donors (Lipinski definition) is 3. The number of ether oxygens (including phenoxy) is 1. The van der Waals surface area contributed by atoms with Gasteiger partial charge in [0.25, 0.3) is 0 Å². The van der Waals surface area contributed by atoms with E-state index in [9.17, 15) is 14.4 Å². The van der Waals surface area contributed by atoms with Crippen molar-refractivity contribution in [2.24, 2.45) is 0 Å². The van der Waals surface area contributed by atoms with Gasteiger partial charge >= 0.3 is 12.0 Å². The maximum atomic E-state index is 12.4. The zero-order chi connectivity index (χ0) is 31.2. The molecule has 0 unspecified atom stereocenters. The number of unbranched alkanes of at least 4 members (excludes halogenated alkanes) is 15. The van der Waals surface area contributed by atoms with Crippen LogP contribution in [0.15, 0.2) is 30.6 Å². The van der Waals surface area contributed by atoms with E-state index in [0.29, 0.717) is 32.4 Å². The quantitative estimate of drug-likeness (QED) is 0.0538. The van der Waals surface area contributed by atoms with E-state index < -0.39 is 12.0 Å². The maximum absolute atomic E-state index is 12.4. The van der Waals surface area contributed by atoms with E-state index in [0.717, 1.165) is 38.6 Å². The summed E-state index contributed by atoms with van der Waals surface area (Å²) in [6.07, 6.45) is 26.0. The van der Waals surface area contributed by atoms with Gasteiger partial charge < -0.3 is 20.7 Å². The van der Waals surface area contributed by atoms with E-state index in [-0.39, 0.29) is 18.5 Å². The third kappa shape index (κ3) is 23.5. The molecule has 0 aliphatic carbocycles. The number of aryl methyl sites for hydroxylation is 1. The molecule has 0 spiro atoms. The van der Waals surface area contributed by atoms with Crippen molar-refractivity contribution in [1.82, 2.24) is 16.0 Å². The lowest BCUT2D eigenvalue weighted by molar-refractivity contribution is -0.697. The minimum Gasteiger partial charge on any atom is -0.464 e. The monoisotopic (exact) mass is 603 g/mol. The highest BCUT2D eigenvalue weighted by Gasteiger charge is 2.21. The van der Waals surface area contributed by atoms with E-state index >= 15 is 0 Å². The zero-order valence-corrected chi connectivity index (χ0v) is 27.5. The van der Waals surface area contributed by atoms with Gasteiger partial charge in [-0.05, 0) is 45.4 Å². The van der Waals surface area contributed by atoms with Gasteiger partial charge in [-0.1, -0.05) is 90.0 Å². The second kappa shape index (κ2) is 28.1. The molecule has 1 rings (SSSR count). The fourth-order valence-corrected chi connectivity index (χ4v) is 5.18. The van der Waals surface area contributed by atoms with Crippen LogP contribution in [0.1, 0.15) is 142 Å². The molecule has 8 heteroatoms. The first-order valence-electron chi connectivity index (χ1n) is 17.5. The van der Waals surface area contributed by atoms with Gasteiger partial charge in [0.2, 0.25) is 5.91 Å². The number of amides is 3. The lowest BCUT2D eigenvalue weighted by Crippen LogP contribution is -2.47. The molecule has 3 amide bonds. The topological polar surface area (TPSA) is 100 Å². The summed E-state index contributed by atoms with van der Waals surface area (Å²) in [7, 11) is 0. The molecule has 0 aliphatic heterocycles. The average molecular weight is 604 g/mol. The highest BCUT2D eigenvalue weighted by Crippen LogP contribution is 2.11. The van der Waals surface area contributed by atoms with E-state index in [4.69, 9.17) is 4.74 Å². The number of aromatic nitrogens is 1. The minimum atomic E-state index is -0.674. The van der Waals surface area contributed by atoms with Gasteiger partial charge in [-0.25, -0.2) is 14.2 Å². The van der Waals surface area contributed by atoms with Gasteiger partial charge in [-0.15, -0.1) is 0 Å². The van der Waals surface area contributed by atoms with Crippen LogP contribution in [0.4, 0.5) is 4.79 Å². The second-order valence-electron chi connectivity index (χ2n) is 11.7. The molecule has 43 heavy (non-hydrogen) atoms. The van der Waals surface area contributed by atoms with Crippen LogP contribution in [0.25, 0.3) is 0 Å². The molecule has 0 fully saturated rings. The Morgan fingerprint density at radius 2 is 1.21 bits per heavy atom. The molecular weight excluding hydrogens is 540 g/mol. The molecule has 1 aromatic rings. The van der Waals surface area contributed by atoms with Crippen LogP contribution in [0.2, 0.25) is 0 Å². The van der Waals surface area contributed by atoms with Crippen LogP contribution in [-0.4, -0.2) is 43.6 Å². The molecule has 0 bridgehead atoms. The molecule has 3 N–H and O–H groups in total. The first-order valence-corrected chi connectivity index (χ1v) is 17.5. The van der Waals surface area contributed by atoms with Gasteiger partial charge in [0.1, 0.15) is 12.6 Å². The van der Waals surface area contributed by atoms with E-state index in [1.54, 1.807) is 6.92 Å². The predicted molar refractivity (Wildman–Crippen MR) is 175 cm³/mol. The van der Waals surface area contributed by atoms with Gasteiger partial charge in [0, 0.05) is 38.1 Å². The Morgan fingerprint density at radius 1 is 0.651 bits per heavy atom. The summed E-state index contributed by atoms with van der Waals surface area (Å²) in [5.41, 5.74) is 0. The standard InChI is InChI=1S/C35H62N4O4/c1-3-5-6-7-8-9-11-14-18-26-33(40)36-27-21-19-25-32(34(41)43-4-2)38-35(42)37-28-20-15-12-10-13-16-22-29-39-30-23-17-24-31-39/h17,23-24,30-32H,3-16,18-22,25-29H2,1-2H3,(H2-,36,37,38,40,42)/p+1/t32-/m0/s1. The Labute approximate surface area is 262 Å². The molecule has 8 nitrogen and oxygen atoms in total. The van der Waals surface area contributed by atoms with E-state index in [1.807, 2.05) is 6.07 Å². The zero-order valence-electron chi connectivity index (χ0n) is 27.5. The highest BCUT2D eigenvalue weighted by molar-refractivity contribution is 5.83. The van der Waals surface area contributed by atoms with Gasteiger partial charge in [-0.3, -0.25) is 4.79 Å². The molecule has 0 aliphatic rings. The number of esters is 1. The number of urea groups is 1. The molecule has 1 atom stereocenters. The van der Waals surface area contributed by atoms with Gasteiger partial charge in [0.15, 0.2) is 12.4 Å². The highest BCUT2D eigenvalue weighted by atomic mass is 16.5. The lowest BCUT2D eigenvalue weighted by Gasteiger charge is -2.18. The van der Waals surface area contributed by atoms with Crippen LogP contribution < -0.4 is 20.5 Å². The number of carbonyl (C=O) groups excluding carboxylic acids is 3. The summed E-state index contributed by atoms with van der Waals surface area (Å²) in [4.78, 5) is 36.9. The fraction of sp³-hybridized carbons (Fsp3) is 0.771. The van der Waals surface area contributed by atoms with Crippen LogP contribution in [0.3, 0.4) is 0 Å². The Balaban J connectivity index is 2.06. The fourth-order valence-electron chi connectivity index (χ4n) is 5.18. The Bertz CT molecular complexity index is 821. The van der Waals surface area contributed by atoms with Crippen LogP contribution in [0, 0.1) is 0 Å². The molecule has 0 saturated carbocycles. The normalized spacial score (nSPS) is 11.6. The van der Waals surface area contributed by atoms with Crippen molar-refractivity contribution in [2.45, 2.75) is 155 Å². The second-order valence-corrected chi connectivity index (χ2v) is 11.7. The van der Waals surface area contributed by atoms with Crippen molar-refractivity contribution in [3.05, 3.63) is 30.6 Å². The lowest BCUT2D eigenvalue weighted by atomic mass is 10.1. The minimum absolute atomic E-state index is 0.101. The van der Waals surface area contributed by atoms with Crippen molar-refractivity contribution in [1.29, 1.82) is 0 Å². The number of hydrogen-bond acceptors (Lipinski definition) is 4. The summed E-state index contributed by atoms with van der Waals surface area (Å²) in [6, 6.07) is 5.17. The Hall–Kier alpha value is -2.64. The number of carbonyl (C=O) groups is 3. The van der Waals surface area contributed by atoms with Crippen LogP contribution in [-0.2, 0) is 20.9 Å². The summed E-state index contributed by atoms with van der Waals surface area (Å²) in [5.74, 6) is -0.303. The molecule has 246 valence electrons. The van der Waals surface area contributed by atoms with Crippen molar-refractivity contribution in [2.75, 3.05) is 19.7 Å². The number of pyridine rings is 1. The third-order valence-corrected chi connectivity index (χ3v) is 7.78. The third-order valence-electron chi connectivity index (χ3n) is 7.78. The number of nitrogens with one attached hydrogen (secondary N) is 3. The number of rotatable bonds is 28. The van der Waals surface area contributed by atoms with E-state index in [2.05, 4.69) is 52.0 Å². The summed E-state index contributed by atoms with van der Waals surface area (Å²) >= 11 is 0. The van der Waals surface area contributed by atoms with Crippen molar-refractivity contribution >= 4 is 17.9 Å². The van der Waals surface area contributed by atoms with Crippen molar-refractivity contribution in [3.63, 3.8) is 0 Å². The van der Waals surface area contributed by atoms with Crippen LogP contribution >= 0.6 is 0 Å². The molecule has 0 aromatic carbocycles. The number of nitrogens with zero attached hydrogens (tertiary/aromatic N) is 1. The summed E-state index contributed by atoms with van der Waals surface area (Å²) in [6.45, 7) is 6.53. The Kier molecular flexibility index (Phi) is 25.1. The van der Waals surface area contributed by atoms with E-state index in [1.165, 1.54) is 77.0 Å². The summed E-state index contributed by atoms with van der Waals surface area (Å²) < 4.78 is 7.39. The molecule has 1 aromatic heterocycles.